The van der Waals surface area contributed by atoms with Crippen LogP contribution in [0.15, 0.2) is 11.1 Å². The molecule has 0 bridgehead atoms. The van der Waals surface area contributed by atoms with Gasteiger partial charge in [-0.05, 0) is 0 Å². The van der Waals surface area contributed by atoms with Crippen LogP contribution in [0, 0.1) is 0 Å². The van der Waals surface area contributed by atoms with E-state index < -0.39 is 11.4 Å². The fourth-order valence-electron chi connectivity index (χ4n) is 1.58. The Bertz CT molecular complexity index is 455. The van der Waals surface area contributed by atoms with E-state index in [-0.39, 0.29) is 30.6 Å². The standard InChI is InChI=1S/C8H10N4O3/c9-4-1-5(13)12(2-4)6-7(14)10-3-11-8(6)15/h3-4H,1-2,9H2,(H2,10,11,14,15). The Morgan fingerprint density at radius 2 is 2.33 bits per heavy atom. The number of hydrogen-bond acceptors (Lipinski definition) is 5. The molecule has 1 amide bonds. The SMILES string of the molecule is NC1CC(=O)N(c2c(O)nc[nH]c2=O)C1. The van der Waals surface area contributed by atoms with Gasteiger partial charge in [0.15, 0.2) is 5.69 Å². The normalized spacial score (nSPS) is 21.0. The summed E-state index contributed by atoms with van der Waals surface area (Å²) in [6.45, 7) is 0.223. The van der Waals surface area contributed by atoms with Crippen LogP contribution in [0.2, 0.25) is 0 Å². The average Bonchev–Trinajstić information content (AvgIpc) is 2.45. The molecule has 1 atom stereocenters. The fraction of sp³-hybridized carbons (Fsp3) is 0.375. The first-order valence-corrected chi connectivity index (χ1v) is 4.42. The number of anilines is 1. The number of nitrogens with two attached hydrogens (primary N) is 1. The van der Waals surface area contributed by atoms with Gasteiger partial charge in [-0.15, -0.1) is 0 Å². The average molecular weight is 210 g/mol. The third kappa shape index (κ3) is 1.57. The Kier molecular flexibility index (Phi) is 2.16. The molecule has 7 nitrogen and oxygen atoms in total. The lowest BCUT2D eigenvalue weighted by Crippen LogP contribution is -2.32. The van der Waals surface area contributed by atoms with Gasteiger partial charge < -0.3 is 20.7 Å². The van der Waals surface area contributed by atoms with Crippen LogP contribution in [0.3, 0.4) is 0 Å². The number of aromatic hydroxyl groups is 1. The minimum absolute atomic E-state index is 0.129. The van der Waals surface area contributed by atoms with Crippen molar-refractivity contribution in [3.05, 3.63) is 16.7 Å². The first-order valence-electron chi connectivity index (χ1n) is 4.42. The van der Waals surface area contributed by atoms with Gasteiger partial charge in [-0.25, -0.2) is 4.98 Å². The highest BCUT2D eigenvalue weighted by Gasteiger charge is 2.31. The number of aromatic nitrogens is 2. The van der Waals surface area contributed by atoms with E-state index in [1.807, 2.05) is 0 Å². The predicted molar refractivity (Wildman–Crippen MR) is 51.5 cm³/mol. The molecule has 80 valence electrons. The molecule has 7 heteroatoms. The molecule has 2 rings (SSSR count). The van der Waals surface area contributed by atoms with Gasteiger partial charge in [-0.3, -0.25) is 9.59 Å². The van der Waals surface area contributed by atoms with Crippen LogP contribution in [0.4, 0.5) is 5.69 Å². The molecule has 1 saturated heterocycles. The number of amides is 1. The Balaban J connectivity index is 2.46. The largest absolute Gasteiger partial charge is 0.492 e. The van der Waals surface area contributed by atoms with Crippen LogP contribution in [0.1, 0.15) is 6.42 Å². The van der Waals surface area contributed by atoms with Crippen molar-refractivity contribution in [1.29, 1.82) is 0 Å². The van der Waals surface area contributed by atoms with Crippen LogP contribution in [-0.2, 0) is 4.79 Å². The van der Waals surface area contributed by atoms with E-state index in [9.17, 15) is 14.7 Å². The maximum absolute atomic E-state index is 11.4. The zero-order chi connectivity index (χ0) is 11.0. The fourth-order valence-corrected chi connectivity index (χ4v) is 1.58. The third-order valence-corrected chi connectivity index (χ3v) is 2.23. The van der Waals surface area contributed by atoms with Crippen molar-refractivity contribution in [1.82, 2.24) is 9.97 Å². The number of nitrogens with one attached hydrogen (secondary N) is 1. The molecule has 0 radical (unpaired) electrons. The van der Waals surface area contributed by atoms with Crippen LogP contribution in [0.5, 0.6) is 5.88 Å². The molecular weight excluding hydrogens is 200 g/mol. The number of carbonyl (C=O) groups excluding carboxylic acids is 1. The molecule has 4 N–H and O–H groups in total. The van der Waals surface area contributed by atoms with E-state index in [4.69, 9.17) is 5.73 Å². The number of nitrogens with zero attached hydrogens (tertiary/aromatic N) is 2. The second-order valence-electron chi connectivity index (χ2n) is 3.37. The molecular formula is C8H10N4O3. The van der Waals surface area contributed by atoms with Gasteiger partial charge >= 0.3 is 0 Å². The second kappa shape index (κ2) is 3.35. The van der Waals surface area contributed by atoms with Gasteiger partial charge in [0.05, 0.1) is 6.33 Å². The van der Waals surface area contributed by atoms with E-state index >= 15 is 0 Å². The predicted octanol–water partition coefficient (Wildman–Crippen LogP) is -1.46. The van der Waals surface area contributed by atoms with Gasteiger partial charge in [0, 0.05) is 19.0 Å². The summed E-state index contributed by atoms with van der Waals surface area (Å²) in [4.78, 5) is 29.8. The van der Waals surface area contributed by atoms with E-state index in [0.29, 0.717) is 0 Å². The number of H-pyrrole nitrogens is 1. The molecule has 0 aliphatic carbocycles. The molecule has 1 aliphatic rings. The molecule has 1 aliphatic heterocycles. The number of carbonyl (C=O) groups is 1. The summed E-state index contributed by atoms with van der Waals surface area (Å²) in [7, 11) is 0. The van der Waals surface area contributed by atoms with Gasteiger partial charge in [-0.1, -0.05) is 0 Å². The second-order valence-corrected chi connectivity index (χ2v) is 3.37. The van der Waals surface area contributed by atoms with Crippen molar-refractivity contribution < 1.29 is 9.90 Å². The molecule has 1 unspecified atom stereocenters. The topological polar surface area (TPSA) is 112 Å². The number of hydrogen-bond donors (Lipinski definition) is 3. The highest BCUT2D eigenvalue weighted by molar-refractivity contribution is 5.96. The zero-order valence-electron chi connectivity index (χ0n) is 7.80. The van der Waals surface area contributed by atoms with E-state index in [1.165, 1.54) is 0 Å². The van der Waals surface area contributed by atoms with Gasteiger partial charge in [-0.2, -0.15) is 0 Å². The summed E-state index contributed by atoms with van der Waals surface area (Å²) in [5.41, 5.74) is 4.90. The van der Waals surface area contributed by atoms with Crippen LogP contribution >= 0.6 is 0 Å². The first-order chi connectivity index (χ1) is 7.09. The molecule has 1 aromatic heterocycles. The van der Waals surface area contributed by atoms with Crippen LogP contribution in [-0.4, -0.2) is 33.6 Å². The molecule has 0 aromatic carbocycles. The summed E-state index contributed by atoms with van der Waals surface area (Å²) in [5, 5.41) is 9.39. The smallest absolute Gasteiger partial charge is 0.278 e. The lowest BCUT2D eigenvalue weighted by molar-refractivity contribution is -0.117. The van der Waals surface area contributed by atoms with Crippen molar-refractivity contribution in [2.45, 2.75) is 12.5 Å². The van der Waals surface area contributed by atoms with Crippen LogP contribution in [0.25, 0.3) is 0 Å². The summed E-state index contributed by atoms with van der Waals surface area (Å²) in [6.07, 6.45) is 1.25. The lowest BCUT2D eigenvalue weighted by Gasteiger charge is -2.14. The quantitative estimate of drug-likeness (QED) is 0.524. The number of aromatic amines is 1. The molecule has 0 saturated carbocycles. The Morgan fingerprint density at radius 3 is 2.87 bits per heavy atom. The van der Waals surface area contributed by atoms with Crippen molar-refractivity contribution in [3.8, 4) is 5.88 Å². The molecule has 0 spiro atoms. The summed E-state index contributed by atoms with van der Waals surface area (Å²) < 4.78 is 0. The van der Waals surface area contributed by atoms with Crippen LogP contribution < -0.4 is 16.2 Å². The molecule has 1 fully saturated rings. The first kappa shape index (κ1) is 9.66. The Labute approximate surface area is 84.5 Å². The highest BCUT2D eigenvalue weighted by Crippen LogP contribution is 2.23. The van der Waals surface area contributed by atoms with Gasteiger partial charge in [0.1, 0.15) is 0 Å². The monoisotopic (exact) mass is 210 g/mol. The summed E-state index contributed by atoms with van der Waals surface area (Å²) in [5.74, 6) is -0.738. The maximum Gasteiger partial charge on any atom is 0.278 e. The van der Waals surface area contributed by atoms with E-state index in [0.717, 1.165) is 11.2 Å². The summed E-state index contributed by atoms with van der Waals surface area (Å²) >= 11 is 0. The lowest BCUT2D eigenvalue weighted by atomic mass is 10.3. The Morgan fingerprint density at radius 1 is 1.60 bits per heavy atom. The maximum atomic E-state index is 11.4. The minimum atomic E-state index is -0.551. The minimum Gasteiger partial charge on any atom is -0.492 e. The zero-order valence-corrected chi connectivity index (χ0v) is 7.80. The highest BCUT2D eigenvalue weighted by atomic mass is 16.3. The van der Waals surface area contributed by atoms with Crippen molar-refractivity contribution in [2.24, 2.45) is 5.73 Å². The molecule has 1 aromatic rings. The van der Waals surface area contributed by atoms with Crippen molar-refractivity contribution in [3.63, 3.8) is 0 Å². The van der Waals surface area contributed by atoms with E-state index in [1.54, 1.807) is 0 Å². The van der Waals surface area contributed by atoms with Gasteiger partial charge in [0.2, 0.25) is 11.8 Å². The Hall–Kier alpha value is -1.89. The molecule has 2 heterocycles. The number of rotatable bonds is 1. The molecule has 15 heavy (non-hydrogen) atoms. The van der Waals surface area contributed by atoms with Gasteiger partial charge in [0.25, 0.3) is 5.56 Å². The van der Waals surface area contributed by atoms with Crippen molar-refractivity contribution >= 4 is 11.6 Å². The van der Waals surface area contributed by atoms with Crippen molar-refractivity contribution in [2.75, 3.05) is 11.4 Å². The third-order valence-electron chi connectivity index (χ3n) is 2.23. The van der Waals surface area contributed by atoms with E-state index in [2.05, 4.69) is 9.97 Å². The summed E-state index contributed by atoms with van der Waals surface area (Å²) in [6, 6.07) is -0.309.